The van der Waals surface area contributed by atoms with Crippen LogP contribution in [0.25, 0.3) is 0 Å². The van der Waals surface area contributed by atoms with Gasteiger partial charge < -0.3 is 4.42 Å². The largest absolute Gasteiger partial charge is 0.459 e. The molecule has 0 fully saturated rings. The number of rotatable bonds is 8. The van der Waals surface area contributed by atoms with Crippen molar-refractivity contribution in [3.8, 4) is 0 Å². The van der Waals surface area contributed by atoms with Crippen LogP contribution in [0.15, 0.2) is 99.2 Å². The third-order valence-electron chi connectivity index (χ3n) is 5.25. The Hall–Kier alpha value is -3.11. The molecular weight excluding hydrogens is 548 g/mol. The van der Waals surface area contributed by atoms with Crippen molar-refractivity contribution in [3.63, 3.8) is 0 Å². The lowest BCUT2D eigenvalue weighted by Crippen LogP contribution is -2.30. The van der Waals surface area contributed by atoms with Crippen LogP contribution in [-0.4, -0.2) is 18.9 Å². The summed E-state index contributed by atoms with van der Waals surface area (Å²) in [5, 5.41) is 0.922. The molecule has 11 heteroatoms. The molecule has 3 aromatic carbocycles. The number of alkyl halides is 3. The smallest absolute Gasteiger partial charge is 0.416 e. The number of sulfonamides is 1. The van der Waals surface area contributed by atoms with Crippen molar-refractivity contribution in [2.75, 3.05) is 0 Å². The van der Waals surface area contributed by atoms with Gasteiger partial charge in [-0.05, 0) is 72.3 Å². The van der Waals surface area contributed by atoms with Gasteiger partial charge >= 0.3 is 6.18 Å². The van der Waals surface area contributed by atoms with Crippen molar-refractivity contribution >= 4 is 45.1 Å². The number of benzene rings is 3. The van der Waals surface area contributed by atoms with E-state index in [1.807, 2.05) is 0 Å². The van der Waals surface area contributed by atoms with Gasteiger partial charge in [0.1, 0.15) is 11.5 Å². The van der Waals surface area contributed by atoms with Gasteiger partial charge in [-0.2, -0.15) is 17.5 Å². The zero-order chi connectivity index (χ0) is 26.6. The summed E-state index contributed by atoms with van der Waals surface area (Å²) in [7, 11) is -3.95. The number of aliphatic imine (C=N–C) groups is 1. The molecule has 5 nitrogen and oxygen atoms in total. The van der Waals surface area contributed by atoms with E-state index in [4.69, 9.17) is 27.6 Å². The fourth-order valence-corrected chi connectivity index (χ4v) is 5.04. The first-order chi connectivity index (χ1) is 17.5. The topological polar surface area (TPSA) is 62.9 Å². The standard InChI is InChI=1S/C26H19Cl2F3N2O3S/c27-20-6-4-18(5-7-20)16-33(37(34,35)25-12-8-21(28)9-13-25)17-24-11-10-23(36-24)15-32-22-3-1-2-19(14-22)26(29,30)31/h1-15H,16-17H2. The molecular formula is C26H19Cl2F3N2O3S. The quantitative estimate of drug-likeness (QED) is 0.205. The van der Waals surface area contributed by atoms with Gasteiger partial charge in [0.25, 0.3) is 0 Å². The van der Waals surface area contributed by atoms with Crippen LogP contribution in [0.5, 0.6) is 0 Å². The molecule has 0 atom stereocenters. The Morgan fingerprint density at radius 2 is 1.51 bits per heavy atom. The van der Waals surface area contributed by atoms with Crippen molar-refractivity contribution in [1.82, 2.24) is 4.31 Å². The highest BCUT2D eigenvalue weighted by Gasteiger charge is 2.30. The molecule has 0 aliphatic rings. The maximum atomic E-state index is 13.4. The Morgan fingerprint density at radius 1 is 0.865 bits per heavy atom. The van der Waals surface area contributed by atoms with E-state index in [1.54, 1.807) is 36.4 Å². The Morgan fingerprint density at radius 3 is 2.16 bits per heavy atom. The number of hydrogen-bond acceptors (Lipinski definition) is 4. The fourth-order valence-electron chi connectivity index (χ4n) is 3.40. The maximum absolute atomic E-state index is 13.4. The van der Waals surface area contributed by atoms with Crippen LogP contribution >= 0.6 is 23.2 Å². The molecule has 0 unspecified atom stereocenters. The second kappa shape index (κ2) is 11.1. The maximum Gasteiger partial charge on any atom is 0.416 e. The highest BCUT2D eigenvalue weighted by molar-refractivity contribution is 7.89. The molecule has 0 saturated carbocycles. The molecule has 4 rings (SSSR count). The van der Waals surface area contributed by atoms with Crippen LogP contribution in [0.4, 0.5) is 18.9 Å². The summed E-state index contributed by atoms with van der Waals surface area (Å²) in [6.07, 6.45) is -3.21. The molecule has 4 aromatic rings. The molecule has 0 N–H and O–H groups in total. The van der Waals surface area contributed by atoms with E-state index in [-0.39, 0.29) is 29.4 Å². The highest BCUT2D eigenvalue weighted by Crippen LogP contribution is 2.31. The molecule has 0 radical (unpaired) electrons. The summed E-state index contributed by atoms with van der Waals surface area (Å²) in [6, 6.07) is 20.3. The lowest BCUT2D eigenvalue weighted by atomic mass is 10.2. The molecule has 1 heterocycles. The summed E-state index contributed by atoms with van der Waals surface area (Å²) in [5.74, 6) is 0.569. The van der Waals surface area contributed by atoms with Crippen LogP contribution in [0.2, 0.25) is 10.0 Å². The van der Waals surface area contributed by atoms with Gasteiger partial charge in [0.15, 0.2) is 0 Å². The van der Waals surface area contributed by atoms with Crippen molar-refractivity contribution in [2.45, 2.75) is 24.2 Å². The van der Waals surface area contributed by atoms with Gasteiger partial charge in [-0.3, -0.25) is 4.99 Å². The van der Waals surface area contributed by atoms with Crippen LogP contribution in [0, 0.1) is 0 Å². The minimum Gasteiger partial charge on any atom is -0.459 e. The SMILES string of the molecule is O=S(=O)(c1ccc(Cl)cc1)N(Cc1ccc(Cl)cc1)Cc1ccc(C=Nc2cccc(C(F)(F)F)c2)o1. The van der Waals surface area contributed by atoms with Crippen LogP contribution in [0.3, 0.4) is 0 Å². The van der Waals surface area contributed by atoms with Gasteiger partial charge in [-0.15, -0.1) is 0 Å². The molecule has 0 aliphatic carbocycles. The second-order valence-electron chi connectivity index (χ2n) is 7.96. The molecule has 0 spiro atoms. The van der Waals surface area contributed by atoms with E-state index in [1.165, 1.54) is 46.9 Å². The molecule has 0 bridgehead atoms. The first-order valence-corrected chi connectivity index (χ1v) is 13.0. The first-order valence-electron chi connectivity index (χ1n) is 10.8. The zero-order valence-electron chi connectivity index (χ0n) is 19.0. The van der Waals surface area contributed by atoms with Crippen LogP contribution < -0.4 is 0 Å². The van der Waals surface area contributed by atoms with Gasteiger partial charge in [0.05, 0.1) is 28.9 Å². The van der Waals surface area contributed by atoms with Crippen LogP contribution in [-0.2, 0) is 29.3 Å². The molecule has 0 aliphatic heterocycles. The van der Waals surface area contributed by atoms with E-state index >= 15 is 0 Å². The Bertz CT molecular complexity index is 1500. The van der Waals surface area contributed by atoms with E-state index < -0.39 is 21.8 Å². The molecule has 1 aromatic heterocycles. The average Bonchev–Trinajstić information content (AvgIpc) is 3.31. The first kappa shape index (κ1) is 26.9. The number of hydrogen-bond donors (Lipinski definition) is 0. The molecule has 37 heavy (non-hydrogen) atoms. The predicted molar refractivity (Wildman–Crippen MR) is 137 cm³/mol. The lowest BCUT2D eigenvalue weighted by molar-refractivity contribution is -0.137. The van der Waals surface area contributed by atoms with Gasteiger partial charge in [-0.25, -0.2) is 8.42 Å². The summed E-state index contributed by atoms with van der Waals surface area (Å²) in [4.78, 5) is 4.11. The Kier molecular flexibility index (Phi) is 8.08. The third-order valence-corrected chi connectivity index (χ3v) is 7.56. The minimum absolute atomic E-state index is 0.0382. The van der Waals surface area contributed by atoms with Crippen molar-refractivity contribution in [2.24, 2.45) is 4.99 Å². The van der Waals surface area contributed by atoms with E-state index in [0.29, 0.717) is 21.4 Å². The number of furan rings is 1. The van der Waals surface area contributed by atoms with Gasteiger partial charge in [-0.1, -0.05) is 41.4 Å². The zero-order valence-corrected chi connectivity index (χ0v) is 21.3. The van der Waals surface area contributed by atoms with Crippen molar-refractivity contribution in [1.29, 1.82) is 0 Å². The summed E-state index contributed by atoms with van der Waals surface area (Å²) in [6.45, 7) is -0.0680. The van der Waals surface area contributed by atoms with Crippen molar-refractivity contribution in [3.05, 3.63) is 118 Å². The van der Waals surface area contributed by atoms with E-state index in [9.17, 15) is 21.6 Å². The van der Waals surface area contributed by atoms with Crippen LogP contribution in [0.1, 0.15) is 22.6 Å². The molecule has 0 saturated heterocycles. The fraction of sp³-hybridized carbons (Fsp3) is 0.115. The van der Waals surface area contributed by atoms with Gasteiger partial charge in [0.2, 0.25) is 10.0 Å². The lowest BCUT2D eigenvalue weighted by Gasteiger charge is -2.21. The summed E-state index contributed by atoms with van der Waals surface area (Å²) in [5.41, 5.74) is -0.00480. The van der Waals surface area contributed by atoms with Crippen molar-refractivity contribution < 1.29 is 26.0 Å². The minimum atomic E-state index is -4.48. The summed E-state index contributed by atoms with van der Waals surface area (Å²) < 4.78 is 72.7. The van der Waals surface area contributed by atoms with E-state index in [0.717, 1.165) is 12.1 Å². The third kappa shape index (κ3) is 7.01. The predicted octanol–water partition coefficient (Wildman–Crippen LogP) is 7.75. The monoisotopic (exact) mass is 566 g/mol. The average molecular weight is 567 g/mol. The Balaban J connectivity index is 1.58. The second-order valence-corrected chi connectivity index (χ2v) is 10.8. The van der Waals surface area contributed by atoms with Gasteiger partial charge in [0, 0.05) is 16.6 Å². The number of halogens is 5. The molecule has 0 amide bonds. The van der Waals surface area contributed by atoms with E-state index in [2.05, 4.69) is 4.99 Å². The number of nitrogens with zero attached hydrogens (tertiary/aromatic N) is 2. The summed E-state index contributed by atoms with van der Waals surface area (Å²) >= 11 is 11.9. The highest BCUT2D eigenvalue weighted by atomic mass is 35.5. The Labute approximate surface area is 221 Å². The normalized spacial score (nSPS) is 12.5. The molecule has 192 valence electrons.